The molecule has 3 fully saturated rings. The summed E-state index contributed by atoms with van der Waals surface area (Å²) >= 11 is 0. The maximum Gasteiger partial charge on any atom is 0.410 e. The molecule has 27 nitrogen and oxygen atoms in total. The highest BCUT2D eigenvalue weighted by Crippen LogP contribution is 2.41. The molecule has 79 heavy (non-hydrogen) atoms. The van der Waals surface area contributed by atoms with Crippen LogP contribution in [0.3, 0.4) is 0 Å². The number of benzene rings is 1. The summed E-state index contributed by atoms with van der Waals surface area (Å²) in [7, 11) is -2.18. The number of carbonyl (C=O) groups is 5. The lowest BCUT2D eigenvalue weighted by Gasteiger charge is -2.52. The monoisotopic (exact) mass is 1140 g/mol. The highest BCUT2D eigenvalue weighted by Gasteiger charge is 2.58. The van der Waals surface area contributed by atoms with Gasteiger partial charge in [0.1, 0.15) is 57.7 Å². The lowest BCUT2D eigenvalue weighted by atomic mass is 9.71. The molecule has 446 valence electrons. The zero-order valence-corrected chi connectivity index (χ0v) is 48.4. The fourth-order valence-electron chi connectivity index (χ4n) is 9.80. The van der Waals surface area contributed by atoms with Gasteiger partial charge in [-0.3, -0.25) is 14.9 Å². The quantitative estimate of drug-likeness (QED) is 0.0754. The maximum atomic E-state index is 14.4. The Labute approximate surface area is 460 Å². The van der Waals surface area contributed by atoms with Crippen LogP contribution in [0, 0.1) is 16.0 Å². The van der Waals surface area contributed by atoms with Crippen molar-refractivity contribution in [2.45, 2.75) is 215 Å². The van der Waals surface area contributed by atoms with Gasteiger partial charge in [-0.15, -0.1) is 0 Å². The van der Waals surface area contributed by atoms with Crippen molar-refractivity contribution >= 4 is 46.0 Å². The molecule has 8 N–H and O–H groups in total. The molecular formula is C51H81N7O20S. The van der Waals surface area contributed by atoms with Crippen molar-refractivity contribution in [1.29, 1.82) is 0 Å². The first-order valence-electron chi connectivity index (χ1n) is 25.9. The Balaban J connectivity index is 1.61. The van der Waals surface area contributed by atoms with Crippen LogP contribution in [-0.4, -0.2) is 195 Å². The lowest BCUT2D eigenvalue weighted by Crippen LogP contribution is -2.72. The van der Waals surface area contributed by atoms with Gasteiger partial charge in [0.2, 0.25) is 10.0 Å². The number of alkyl carbamates (subject to hydrolysis) is 3. The van der Waals surface area contributed by atoms with Crippen molar-refractivity contribution in [3.63, 3.8) is 0 Å². The summed E-state index contributed by atoms with van der Waals surface area (Å²) in [5.41, 5.74) is -8.74. The lowest BCUT2D eigenvalue weighted by molar-refractivity contribution is -0.387. The minimum Gasteiger partial charge on any atom is -0.491 e. The third kappa shape index (κ3) is 16.7. The van der Waals surface area contributed by atoms with E-state index in [1.165, 1.54) is 32.2 Å². The summed E-state index contributed by atoms with van der Waals surface area (Å²) in [4.78, 5) is 79.4. The largest absolute Gasteiger partial charge is 0.491 e. The van der Waals surface area contributed by atoms with Gasteiger partial charge in [0.15, 0.2) is 11.2 Å². The van der Waals surface area contributed by atoms with E-state index in [0.717, 1.165) is 28.4 Å². The molecule has 2 heterocycles. The van der Waals surface area contributed by atoms with E-state index < -0.39 is 176 Å². The van der Waals surface area contributed by atoms with Crippen LogP contribution in [0.15, 0.2) is 41.0 Å². The number of hydrogen-bond acceptors (Lipinski definition) is 20. The van der Waals surface area contributed by atoms with Gasteiger partial charge in [0.25, 0.3) is 11.6 Å². The fraction of sp³-hybridized carbons (Fsp3) is 0.745. The molecule has 2 saturated carbocycles. The number of carbonyl (C=O) groups excluding carboxylic acids is 5. The van der Waals surface area contributed by atoms with E-state index >= 15 is 0 Å². The van der Waals surface area contributed by atoms with E-state index in [4.69, 9.17) is 33.2 Å². The van der Waals surface area contributed by atoms with Crippen molar-refractivity contribution in [3.05, 3.63) is 46.2 Å². The van der Waals surface area contributed by atoms with Gasteiger partial charge >= 0.3 is 24.4 Å². The number of rotatable bonds is 14. The second-order valence-electron chi connectivity index (χ2n) is 24.8. The summed E-state index contributed by atoms with van der Waals surface area (Å²) in [5, 5.41) is 71.3. The molecule has 0 bridgehead atoms. The zero-order valence-electron chi connectivity index (χ0n) is 47.6. The fourth-order valence-corrected chi connectivity index (χ4v) is 11.1. The first-order chi connectivity index (χ1) is 36.0. The van der Waals surface area contributed by atoms with Gasteiger partial charge in [0, 0.05) is 51.0 Å². The molecule has 0 radical (unpaired) electrons. The second kappa shape index (κ2) is 23.8. The van der Waals surface area contributed by atoms with Gasteiger partial charge in [-0.2, -0.15) is 4.31 Å². The number of nitro groups is 1. The summed E-state index contributed by atoms with van der Waals surface area (Å²) in [6, 6.07) is -1.47. The van der Waals surface area contributed by atoms with Gasteiger partial charge in [-0.05, 0) is 115 Å². The number of nitro benzene ring substituents is 1. The molecule has 1 unspecified atom stereocenters. The molecule has 0 aromatic heterocycles. The van der Waals surface area contributed by atoms with E-state index in [1.54, 1.807) is 83.1 Å². The third-order valence-corrected chi connectivity index (χ3v) is 14.9. The molecule has 1 aromatic carbocycles. The number of amides is 5. The number of aliphatic hydroxyl groups is 4. The first-order valence-corrected chi connectivity index (χ1v) is 27.3. The number of hydrogen-bond donors (Lipinski definition) is 8. The standard InChI is InChI=1S/C51H81N7O20S/c1-46(2,3)75-42(62)52-27-23-51(67,24-27)41(61)53-31-22-30(55-44(64)77-48(7,8)9)34(35(59)38(31)74-40-36(60)39(50(13,66)26-72-40)57(15)45(65)78-49(10,11)12)37-29(54-43(63)76-47(4,5)6)21-20-28(73-37)25-56(14)79(70,71)33-19-17-16-18-32(33)58(68)69/h16-20,27,29-31,34-40,59-60,66-67H,21-26H2,1-15H3,(H,52,62)(H,53,61)(H,54,63)(H,55,64)/t27?,29-,30+,31-,34-,35+,36-,37?,38+,39-,40-,50+,51?/m1/s1. The van der Waals surface area contributed by atoms with Gasteiger partial charge < -0.3 is 79.8 Å². The Bertz CT molecular complexity index is 2550. The van der Waals surface area contributed by atoms with E-state index in [2.05, 4.69) is 21.3 Å². The molecule has 0 spiro atoms. The molecule has 1 aromatic rings. The predicted molar refractivity (Wildman–Crippen MR) is 279 cm³/mol. The Morgan fingerprint density at radius 3 is 1.82 bits per heavy atom. The smallest absolute Gasteiger partial charge is 0.410 e. The summed E-state index contributed by atoms with van der Waals surface area (Å²) in [6.45, 7) is 19.6. The summed E-state index contributed by atoms with van der Waals surface area (Å²) in [5.74, 6) is -2.56. The van der Waals surface area contributed by atoms with Crippen LogP contribution in [0.2, 0.25) is 0 Å². The van der Waals surface area contributed by atoms with Crippen molar-refractivity contribution < 1.29 is 90.9 Å². The Morgan fingerprint density at radius 2 is 1.29 bits per heavy atom. The van der Waals surface area contributed by atoms with E-state index in [1.807, 2.05) is 0 Å². The highest BCUT2D eigenvalue weighted by molar-refractivity contribution is 7.89. The van der Waals surface area contributed by atoms with Crippen molar-refractivity contribution in [3.8, 4) is 0 Å². The van der Waals surface area contributed by atoms with Crippen LogP contribution >= 0.6 is 0 Å². The molecule has 28 heteroatoms. The predicted octanol–water partition coefficient (Wildman–Crippen LogP) is 3.05. The number of nitrogens with zero attached hydrogens (tertiary/aromatic N) is 3. The molecule has 5 amide bonds. The number of para-hydroxylation sites is 1. The van der Waals surface area contributed by atoms with E-state index in [-0.39, 0.29) is 25.0 Å². The van der Waals surface area contributed by atoms with Crippen molar-refractivity contribution in [2.75, 3.05) is 27.2 Å². The van der Waals surface area contributed by atoms with Gasteiger partial charge in [0.05, 0.1) is 42.3 Å². The van der Waals surface area contributed by atoms with Crippen LogP contribution in [0.25, 0.3) is 0 Å². The molecule has 1 saturated heterocycles. The summed E-state index contributed by atoms with van der Waals surface area (Å²) in [6.07, 6.45) is -12.3. The van der Waals surface area contributed by atoms with Crippen LogP contribution < -0.4 is 21.3 Å². The summed E-state index contributed by atoms with van der Waals surface area (Å²) < 4.78 is 69.9. The van der Waals surface area contributed by atoms with Gasteiger partial charge in [-0.1, -0.05) is 12.1 Å². The molecule has 2 aliphatic carbocycles. The molecule has 4 aliphatic rings. The third-order valence-electron chi connectivity index (χ3n) is 13.1. The average Bonchev–Trinajstić information content (AvgIpc) is 3.27. The SMILES string of the molecule is CN(C(=O)OC(C)(C)C)[C@@H]1[C@@H](O)[C@@H](O[C@@H]2[C@@H](O)[C@H](C3OC(CN(C)S(=O)(=O)c4ccccc4[N+](=O)[O-])=CC[C@H]3NC(=O)OC(C)(C)C)[C@@H](NC(=O)OC(C)(C)C)C[C@H]2NC(=O)C2(O)CC(NC(=O)OC(C)(C)C)C2)OC[C@]1(C)O. The van der Waals surface area contributed by atoms with Crippen molar-refractivity contribution in [2.24, 2.45) is 5.92 Å². The average molecular weight is 1140 g/mol. The highest BCUT2D eigenvalue weighted by atomic mass is 32.2. The van der Waals surface area contributed by atoms with Gasteiger partial charge in [-0.25, -0.2) is 27.6 Å². The van der Waals surface area contributed by atoms with Crippen molar-refractivity contribution in [1.82, 2.24) is 30.5 Å². The molecule has 11 atom stereocenters. The topological polar surface area (TPSA) is 363 Å². The Hall–Kier alpha value is -5.62. The minimum absolute atomic E-state index is 0.0731. The first kappa shape index (κ1) is 64.2. The molecular weight excluding hydrogens is 1060 g/mol. The minimum atomic E-state index is -4.61. The molecule has 2 aliphatic heterocycles. The van der Waals surface area contributed by atoms with Crippen LogP contribution in [0.4, 0.5) is 24.9 Å². The number of nitrogens with one attached hydrogen (secondary N) is 4. The maximum absolute atomic E-state index is 14.4. The zero-order chi connectivity index (χ0) is 59.8. The Kier molecular flexibility index (Phi) is 19.4. The van der Waals surface area contributed by atoms with Crippen LogP contribution in [0.5, 0.6) is 0 Å². The number of aliphatic hydroxyl groups excluding tert-OH is 2. The van der Waals surface area contributed by atoms with E-state index in [9.17, 15) is 62.9 Å². The van der Waals surface area contributed by atoms with E-state index in [0.29, 0.717) is 0 Å². The number of sulfonamides is 1. The molecule has 5 rings (SSSR count). The number of ether oxygens (including phenoxy) is 7. The normalized spacial score (nSPS) is 30.5. The Morgan fingerprint density at radius 1 is 0.772 bits per heavy atom. The second-order valence-corrected chi connectivity index (χ2v) is 26.8. The van der Waals surface area contributed by atoms with Crippen LogP contribution in [-0.2, 0) is 48.0 Å². The van der Waals surface area contributed by atoms with Crippen LogP contribution in [0.1, 0.15) is 116 Å². The number of likely N-dealkylation sites (N-methyl/N-ethyl adjacent to an activating group) is 2.